The van der Waals surface area contributed by atoms with Gasteiger partial charge in [-0.2, -0.15) is 22.0 Å². The van der Waals surface area contributed by atoms with Gasteiger partial charge >= 0.3 is 18.1 Å². The second kappa shape index (κ2) is 9.62. The minimum Gasteiger partial charge on any atom is -0.428 e. The maximum Gasteiger partial charge on any atom is 0.458 e. The van der Waals surface area contributed by atoms with E-state index in [2.05, 4.69) is 0 Å². The normalized spacial score (nSPS) is 14.1. The van der Waals surface area contributed by atoms with E-state index in [1.807, 2.05) is 6.92 Å². The number of hydrogen-bond donors (Lipinski definition) is 0. The van der Waals surface area contributed by atoms with Gasteiger partial charge in [0.2, 0.25) is 0 Å². The number of hydrogen-bond acceptors (Lipinski definition) is 3. The smallest absolute Gasteiger partial charge is 0.428 e. The number of carbonyl (C=O) groups is 1. The number of ether oxygens (including phenoxy) is 1. The van der Waals surface area contributed by atoms with Crippen LogP contribution in [0.2, 0.25) is 0 Å². The van der Waals surface area contributed by atoms with Gasteiger partial charge in [-0.25, -0.2) is 4.79 Å². The van der Waals surface area contributed by atoms with E-state index < -0.39 is 39.3 Å². The molecular weight excluding hydrogens is 403 g/mol. The molecule has 0 aliphatic heterocycles. The third-order valence-corrected chi connectivity index (χ3v) is 5.20. The van der Waals surface area contributed by atoms with Gasteiger partial charge in [0.1, 0.15) is 5.76 Å². The molecule has 0 aliphatic rings. The number of unbranched alkanes of at least 4 members (excludes halogenated alkanes) is 3. The van der Waals surface area contributed by atoms with Crippen molar-refractivity contribution in [1.82, 2.24) is 0 Å². The fourth-order valence-electron chi connectivity index (χ4n) is 2.63. The fourth-order valence-corrected chi connectivity index (χ4v) is 3.67. The lowest BCUT2D eigenvalue weighted by Crippen LogP contribution is -2.35. The highest BCUT2D eigenvalue weighted by atomic mass is 32.2. The SMILES string of the molecule is CCCCCC=C(C)OC(=O)c1ccc(C(F)(F)C(F)(F)F)c(S(C)=O)c1C. The lowest BCUT2D eigenvalue weighted by Gasteiger charge is -2.23. The Bertz CT molecular complexity index is 770. The summed E-state index contributed by atoms with van der Waals surface area (Å²) in [6.45, 7) is 4.76. The van der Waals surface area contributed by atoms with Crippen molar-refractivity contribution in [3.05, 3.63) is 40.7 Å². The first-order chi connectivity index (χ1) is 12.8. The highest BCUT2D eigenvalue weighted by Gasteiger charge is 2.60. The van der Waals surface area contributed by atoms with Gasteiger partial charge in [0.05, 0.1) is 21.3 Å². The number of benzene rings is 1. The lowest BCUT2D eigenvalue weighted by atomic mass is 10.0. The van der Waals surface area contributed by atoms with E-state index in [1.54, 1.807) is 13.0 Å². The summed E-state index contributed by atoms with van der Waals surface area (Å²) < 4.78 is 82.9. The third-order valence-electron chi connectivity index (χ3n) is 4.10. The molecule has 1 aromatic carbocycles. The van der Waals surface area contributed by atoms with E-state index in [-0.39, 0.29) is 11.1 Å². The molecule has 0 aromatic heterocycles. The number of carbonyl (C=O) groups excluding carboxylic acids is 1. The zero-order valence-corrected chi connectivity index (χ0v) is 16.9. The Balaban J connectivity index is 3.25. The first-order valence-electron chi connectivity index (χ1n) is 8.65. The van der Waals surface area contributed by atoms with Crippen molar-refractivity contribution in [2.45, 2.75) is 63.4 Å². The highest BCUT2D eigenvalue weighted by molar-refractivity contribution is 7.84. The Kier molecular flexibility index (Phi) is 8.34. The van der Waals surface area contributed by atoms with Crippen LogP contribution in [0.15, 0.2) is 28.9 Å². The maximum absolute atomic E-state index is 13.8. The van der Waals surface area contributed by atoms with Crippen LogP contribution in [0.3, 0.4) is 0 Å². The van der Waals surface area contributed by atoms with Crippen molar-refractivity contribution < 1.29 is 35.7 Å². The summed E-state index contributed by atoms with van der Waals surface area (Å²) >= 11 is 0. The molecule has 9 heteroatoms. The maximum atomic E-state index is 13.8. The molecule has 0 saturated carbocycles. The number of halogens is 5. The van der Waals surface area contributed by atoms with Crippen LogP contribution < -0.4 is 0 Å². The average Bonchev–Trinajstić information content (AvgIpc) is 2.56. The van der Waals surface area contributed by atoms with Crippen LogP contribution in [0.5, 0.6) is 0 Å². The summed E-state index contributed by atoms with van der Waals surface area (Å²) in [6, 6.07) is 1.32. The van der Waals surface area contributed by atoms with E-state index in [4.69, 9.17) is 4.74 Å². The molecule has 1 aromatic rings. The Morgan fingerprint density at radius 2 is 1.79 bits per heavy atom. The van der Waals surface area contributed by atoms with Crippen molar-refractivity contribution >= 4 is 16.8 Å². The minimum absolute atomic E-state index is 0.215. The summed E-state index contributed by atoms with van der Waals surface area (Å²) in [5, 5.41) is 0. The summed E-state index contributed by atoms with van der Waals surface area (Å²) in [5.74, 6) is -5.81. The Labute approximate surface area is 163 Å². The van der Waals surface area contributed by atoms with Crippen LogP contribution in [0.4, 0.5) is 22.0 Å². The molecule has 1 rings (SSSR count). The standard InChI is InChI=1S/C19H23F5O3S/c1-5-6-7-8-9-12(2)27-17(25)14-10-11-15(16(13(14)3)28(4)26)18(20,21)19(22,23)24/h9-11H,5-8H2,1-4H3. The monoisotopic (exact) mass is 426 g/mol. The molecule has 28 heavy (non-hydrogen) atoms. The van der Waals surface area contributed by atoms with Crippen molar-refractivity contribution in [1.29, 1.82) is 0 Å². The molecule has 0 saturated heterocycles. The van der Waals surface area contributed by atoms with Crippen LogP contribution in [-0.4, -0.2) is 22.6 Å². The fraction of sp³-hybridized carbons (Fsp3) is 0.526. The summed E-state index contributed by atoms with van der Waals surface area (Å²) in [6.07, 6.45) is 0.459. The van der Waals surface area contributed by atoms with Crippen molar-refractivity contribution in [3.8, 4) is 0 Å². The van der Waals surface area contributed by atoms with Gasteiger partial charge in [0.15, 0.2) is 0 Å². The van der Waals surface area contributed by atoms with Gasteiger partial charge in [-0.3, -0.25) is 4.21 Å². The van der Waals surface area contributed by atoms with Gasteiger partial charge < -0.3 is 4.74 Å². The predicted molar refractivity (Wildman–Crippen MR) is 96.8 cm³/mol. The van der Waals surface area contributed by atoms with Crippen LogP contribution in [0, 0.1) is 6.92 Å². The number of rotatable bonds is 8. The lowest BCUT2D eigenvalue weighted by molar-refractivity contribution is -0.290. The van der Waals surface area contributed by atoms with Gasteiger partial charge in [0, 0.05) is 11.8 Å². The molecule has 0 spiro atoms. The Morgan fingerprint density at radius 1 is 1.18 bits per heavy atom. The second-order valence-electron chi connectivity index (χ2n) is 6.34. The molecular formula is C19H23F5O3S. The highest BCUT2D eigenvalue weighted by Crippen LogP contribution is 2.46. The predicted octanol–water partition coefficient (Wildman–Crippen LogP) is 6.03. The largest absolute Gasteiger partial charge is 0.458 e. The van der Waals surface area contributed by atoms with Crippen LogP contribution in [-0.2, 0) is 21.5 Å². The Morgan fingerprint density at radius 3 is 2.29 bits per heavy atom. The van der Waals surface area contributed by atoms with E-state index in [0.29, 0.717) is 18.2 Å². The molecule has 0 N–H and O–H groups in total. The summed E-state index contributed by atoms with van der Waals surface area (Å²) in [5.41, 5.74) is -1.87. The zero-order valence-electron chi connectivity index (χ0n) is 16.1. The average molecular weight is 426 g/mol. The Hall–Kier alpha value is -1.77. The van der Waals surface area contributed by atoms with Crippen molar-refractivity contribution in [2.24, 2.45) is 0 Å². The molecule has 158 valence electrons. The quantitative estimate of drug-likeness (QED) is 0.221. The van der Waals surface area contributed by atoms with Crippen molar-refractivity contribution in [3.63, 3.8) is 0 Å². The molecule has 0 radical (unpaired) electrons. The molecule has 0 heterocycles. The van der Waals surface area contributed by atoms with Crippen LogP contribution in [0.1, 0.15) is 61.0 Å². The molecule has 0 bridgehead atoms. The van der Waals surface area contributed by atoms with Gasteiger partial charge in [-0.1, -0.05) is 25.8 Å². The molecule has 1 unspecified atom stereocenters. The summed E-state index contributed by atoms with van der Waals surface area (Å²) in [4.78, 5) is 11.6. The van der Waals surface area contributed by atoms with Gasteiger partial charge in [-0.15, -0.1) is 0 Å². The summed E-state index contributed by atoms with van der Waals surface area (Å²) in [7, 11) is -2.18. The van der Waals surface area contributed by atoms with E-state index in [1.165, 1.54) is 6.92 Å². The van der Waals surface area contributed by atoms with Gasteiger partial charge in [0.25, 0.3) is 0 Å². The molecule has 0 fully saturated rings. The second-order valence-corrected chi connectivity index (χ2v) is 7.66. The van der Waals surface area contributed by atoms with Crippen LogP contribution in [0.25, 0.3) is 0 Å². The van der Waals surface area contributed by atoms with Crippen molar-refractivity contribution in [2.75, 3.05) is 6.26 Å². The molecule has 1 atom stereocenters. The van der Waals surface area contributed by atoms with E-state index in [0.717, 1.165) is 31.6 Å². The number of alkyl halides is 5. The number of allylic oxidation sites excluding steroid dienone is 2. The first-order valence-corrected chi connectivity index (χ1v) is 10.2. The molecule has 3 nitrogen and oxygen atoms in total. The molecule has 0 aliphatic carbocycles. The third kappa shape index (κ3) is 5.62. The number of esters is 1. The topological polar surface area (TPSA) is 43.4 Å². The minimum atomic E-state index is -5.85. The van der Waals surface area contributed by atoms with E-state index >= 15 is 0 Å². The zero-order chi connectivity index (χ0) is 21.7. The van der Waals surface area contributed by atoms with Crippen LogP contribution >= 0.6 is 0 Å². The van der Waals surface area contributed by atoms with E-state index in [9.17, 15) is 31.0 Å². The molecule has 0 amide bonds. The first kappa shape index (κ1) is 24.3. The van der Waals surface area contributed by atoms with Gasteiger partial charge in [-0.05, 0) is 44.4 Å².